The lowest BCUT2D eigenvalue weighted by Gasteiger charge is -2.20. The number of hydrogen-bond acceptors (Lipinski definition) is 3. The van der Waals surface area contributed by atoms with E-state index in [0.717, 1.165) is 12.1 Å². The van der Waals surface area contributed by atoms with Crippen molar-refractivity contribution in [3.63, 3.8) is 0 Å². The van der Waals surface area contributed by atoms with Gasteiger partial charge in [0.05, 0.1) is 0 Å². The molecule has 0 bridgehead atoms. The van der Waals surface area contributed by atoms with Crippen molar-refractivity contribution in [2.75, 3.05) is 5.73 Å². The third kappa shape index (κ3) is 2.73. The fraction of sp³-hybridized carbons (Fsp3) is 0.400. The van der Waals surface area contributed by atoms with Crippen LogP contribution in [0.25, 0.3) is 0 Å². The van der Waals surface area contributed by atoms with E-state index in [1.807, 2.05) is 0 Å². The van der Waals surface area contributed by atoms with Crippen LogP contribution in [0, 0.1) is 17.6 Å². The monoisotopic (exact) mass is 264 g/mol. The van der Waals surface area contributed by atoms with Gasteiger partial charge in [0.15, 0.2) is 5.82 Å². The summed E-state index contributed by atoms with van der Waals surface area (Å²) in [5, 5.41) is 3.80. The normalized spacial score (nSPS) is 14.0. The molecule has 0 aliphatic rings. The predicted molar refractivity (Wildman–Crippen MR) is 61.5 cm³/mol. The zero-order valence-corrected chi connectivity index (χ0v) is 10.3. The first-order chi connectivity index (χ1) is 7.66. The van der Waals surface area contributed by atoms with Gasteiger partial charge in [-0.3, -0.25) is 0 Å². The first-order valence-electron chi connectivity index (χ1n) is 4.91. The van der Waals surface area contributed by atoms with Crippen LogP contribution >= 0.6 is 0 Å². The summed E-state index contributed by atoms with van der Waals surface area (Å²) in [6.07, 6.45) is 0. The number of nitrogen functional groups attached to an aromatic ring is 1. The molecule has 17 heavy (non-hydrogen) atoms. The fourth-order valence-corrected chi connectivity index (χ4v) is 3.02. The number of anilines is 1. The number of primary sulfonamides is 1. The molecule has 4 N–H and O–H groups in total. The maximum atomic E-state index is 13.7. The fourth-order valence-electron chi connectivity index (χ4n) is 1.72. The van der Waals surface area contributed by atoms with Gasteiger partial charge >= 0.3 is 0 Å². The van der Waals surface area contributed by atoms with Crippen LogP contribution in [0.1, 0.15) is 24.7 Å². The summed E-state index contributed by atoms with van der Waals surface area (Å²) in [7, 11) is -3.99. The van der Waals surface area contributed by atoms with Gasteiger partial charge in [0, 0.05) is 5.56 Å². The topological polar surface area (TPSA) is 86.2 Å². The van der Waals surface area contributed by atoms with Crippen molar-refractivity contribution in [1.29, 1.82) is 0 Å². The highest BCUT2D eigenvalue weighted by molar-refractivity contribution is 7.89. The van der Waals surface area contributed by atoms with E-state index in [9.17, 15) is 17.2 Å². The molecule has 0 saturated carbocycles. The Morgan fingerprint density at radius 1 is 1.24 bits per heavy atom. The molecule has 0 saturated heterocycles. The highest BCUT2D eigenvalue weighted by Crippen LogP contribution is 2.33. The standard InChI is InChI=1S/C10H14F2N2O2S/c1-5(2)10(17(14,15)16)6-3-4-7(11)9(13)8(6)12/h3-5,10H,13H2,1-2H3,(H2,14,15,16). The third-order valence-electron chi connectivity index (χ3n) is 2.42. The van der Waals surface area contributed by atoms with Crippen molar-refractivity contribution in [2.45, 2.75) is 19.1 Å². The van der Waals surface area contributed by atoms with Gasteiger partial charge in [-0.1, -0.05) is 19.9 Å². The smallest absolute Gasteiger partial charge is 0.216 e. The Morgan fingerprint density at radius 2 is 1.76 bits per heavy atom. The first-order valence-corrected chi connectivity index (χ1v) is 6.52. The van der Waals surface area contributed by atoms with Crippen LogP contribution in [0.2, 0.25) is 0 Å². The molecule has 7 heteroatoms. The quantitative estimate of drug-likeness (QED) is 0.812. The van der Waals surface area contributed by atoms with Gasteiger partial charge in [0.1, 0.15) is 16.8 Å². The molecule has 0 spiro atoms. The van der Waals surface area contributed by atoms with Crippen molar-refractivity contribution in [2.24, 2.45) is 11.1 Å². The Labute approximate surface area is 98.7 Å². The molecule has 96 valence electrons. The SMILES string of the molecule is CC(C)C(c1ccc(F)c(N)c1F)S(N)(=O)=O. The molecule has 1 unspecified atom stereocenters. The lowest BCUT2D eigenvalue weighted by molar-refractivity contribution is 0.517. The van der Waals surface area contributed by atoms with Crippen LogP contribution in [0.15, 0.2) is 12.1 Å². The van der Waals surface area contributed by atoms with Gasteiger partial charge in [-0.05, 0) is 12.0 Å². The van der Waals surface area contributed by atoms with Gasteiger partial charge in [0.2, 0.25) is 10.0 Å². The average molecular weight is 264 g/mol. The van der Waals surface area contributed by atoms with Gasteiger partial charge in [-0.2, -0.15) is 0 Å². The molecule has 0 aliphatic heterocycles. The Bertz CT molecular complexity index is 529. The van der Waals surface area contributed by atoms with Crippen LogP contribution in [0.5, 0.6) is 0 Å². The van der Waals surface area contributed by atoms with Gasteiger partial charge in [-0.25, -0.2) is 22.3 Å². The minimum atomic E-state index is -3.99. The van der Waals surface area contributed by atoms with Crippen LogP contribution < -0.4 is 10.9 Å². The maximum Gasteiger partial charge on any atom is 0.216 e. The maximum absolute atomic E-state index is 13.7. The molecule has 1 aromatic rings. The van der Waals surface area contributed by atoms with Crippen molar-refractivity contribution in [3.8, 4) is 0 Å². The van der Waals surface area contributed by atoms with E-state index in [1.54, 1.807) is 13.8 Å². The number of rotatable bonds is 3. The minimum Gasteiger partial charge on any atom is -0.394 e. The molecule has 0 amide bonds. The third-order valence-corrected chi connectivity index (χ3v) is 3.93. The van der Waals surface area contributed by atoms with Crippen molar-refractivity contribution < 1.29 is 17.2 Å². The summed E-state index contributed by atoms with van der Waals surface area (Å²) in [6.45, 7) is 3.15. The molecule has 4 nitrogen and oxygen atoms in total. The summed E-state index contributed by atoms with van der Waals surface area (Å²) in [5.41, 5.74) is 4.27. The van der Waals surface area contributed by atoms with Gasteiger partial charge < -0.3 is 5.73 Å². The van der Waals surface area contributed by atoms with Crippen LogP contribution in [0.4, 0.5) is 14.5 Å². The lowest BCUT2D eigenvalue weighted by Crippen LogP contribution is -2.26. The van der Waals surface area contributed by atoms with Crippen LogP contribution in [0.3, 0.4) is 0 Å². The summed E-state index contributed by atoms with van der Waals surface area (Å²) < 4.78 is 49.5. The molecule has 0 aromatic heterocycles. The molecule has 1 aromatic carbocycles. The summed E-state index contributed by atoms with van der Waals surface area (Å²) in [6, 6.07) is 1.98. The summed E-state index contributed by atoms with van der Waals surface area (Å²) in [5.74, 6) is -2.45. The van der Waals surface area contributed by atoms with E-state index in [1.165, 1.54) is 0 Å². The van der Waals surface area contributed by atoms with Crippen molar-refractivity contribution >= 4 is 15.7 Å². The largest absolute Gasteiger partial charge is 0.394 e. The Kier molecular flexibility index (Phi) is 3.73. The predicted octanol–water partition coefficient (Wildman–Crippen LogP) is 1.53. The highest BCUT2D eigenvalue weighted by atomic mass is 32.2. The van der Waals surface area contributed by atoms with Crippen LogP contribution in [-0.2, 0) is 10.0 Å². The number of hydrogen-bond donors (Lipinski definition) is 2. The molecular formula is C10H14F2N2O2S. The van der Waals surface area contributed by atoms with E-state index >= 15 is 0 Å². The van der Waals surface area contributed by atoms with E-state index in [0.29, 0.717) is 0 Å². The molecule has 0 fully saturated rings. The van der Waals surface area contributed by atoms with Crippen LogP contribution in [-0.4, -0.2) is 8.42 Å². The van der Waals surface area contributed by atoms with Crippen molar-refractivity contribution in [3.05, 3.63) is 29.3 Å². The van der Waals surface area contributed by atoms with Gasteiger partial charge in [0.25, 0.3) is 0 Å². The Morgan fingerprint density at radius 3 is 2.18 bits per heavy atom. The summed E-state index contributed by atoms with van der Waals surface area (Å²) in [4.78, 5) is 0. The van der Waals surface area contributed by atoms with E-state index in [-0.39, 0.29) is 5.56 Å². The Hall–Kier alpha value is -1.21. The molecule has 0 heterocycles. The zero-order chi connectivity index (χ0) is 13.4. The van der Waals surface area contributed by atoms with E-state index < -0.39 is 38.5 Å². The Balaban J connectivity index is 3.46. The second-order valence-electron chi connectivity index (χ2n) is 4.12. The highest BCUT2D eigenvalue weighted by Gasteiger charge is 2.30. The second kappa shape index (κ2) is 4.58. The first kappa shape index (κ1) is 13.9. The molecule has 0 radical (unpaired) electrons. The summed E-state index contributed by atoms with van der Waals surface area (Å²) >= 11 is 0. The average Bonchev–Trinajstić information content (AvgIpc) is 2.16. The number of nitrogens with two attached hydrogens (primary N) is 2. The second-order valence-corrected chi connectivity index (χ2v) is 5.80. The molecular weight excluding hydrogens is 250 g/mol. The lowest BCUT2D eigenvalue weighted by atomic mass is 10.0. The minimum absolute atomic E-state index is 0.207. The number of sulfonamides is 1. The molecule has 0 aliphatic carbocycles. The number of halogens is 2. The zero-order valence-electron chi connectivity index (χ0n) is 9.44. The molecule has 1 atom stereocenters. The van der Waals surface area contributed by atoms with Crippen molar-refractivity contribution in [1.82, 2.24) is 0 Å². The van der Waals surface area contributed by atoms with Gasteiger partial charge in [-0.15, -0.1) is 0 Å². The van der Waals surface area contributed by atoms with E-state index in [2.05, 4.69) is 0 Å². The molecule has 1 rings (SSSR count). The number of benzene rings is 1. The van der Waals surface area contributed by atoms with E-state index in [4.69, 9.17) is 10.9 Å².